The third kappa shape index (κ3) is 3.90. The van der Waals surface area contributed by atoms with Crippen LogP contribution in [0, 0.1) is 5.92 Å². The molecule has 32 heavy (non-hydrogen) atoms. The Bertz CT molecular complexity index is 1160. The number of carbonyl (C=O) groups is 2. The molecule has 0 bridgehead atoms. The lowest BCUT2D eigenvalue weighted by Gasteiger charge is -2.30. The van der Waals surface area contributed by atoms with Crippen molar-refractivity contribution in [3.63, 3.8) is 0 Å². The van der Waals surface area contributed by atoms with Gasteiger partial charge in [-0.2, -0.15) is 0 Å². The predicted molar refractivity (Wildman–Crippen MR) is 124 cm³/mol. The number of nitrogens with two attached hydrogens (primary N) is 1. The SMILES string of the molecule is CCc1c(-c2ccc(OC)c(OC)c2)[nH]c2ccc(C(=O)N3CCC(C(N)=O)CC3)cc12. The molecule has 0 unspecified atom stereocenters. The molecular formula is C25H29N3O4. The van der Waals surface area contributed by atoms with E-state index in [9.17, 15) is 9.59 Å². The van der Waals surface area contributed by atoms with Gasteiger partial charge in [0.25, 0.3) is 5.91 Å². The molecule has 3 aromatic rings. The average molecular weight is 436 g/mol. The number of aromatic amines is 1. The Kier molecular flexibility index (Phi) is 6.08. The van der Waals surface area contributed by atoms with Crippen molar-refractivity contribution in [3.05, 3.63) is 47.5 Å². The van der Waals surface area contributed by atoms with Crippen molar-refractivity contribution in [2.24, 2.45) is 11.7 Å². The Hall–Kier alpha value is -3.48. The summed E-state index contributed by atoms with van der Waals surface area (Å²) in [6.07, 6.45) is 2.06. The number of ether oxygens (including phenoxy) is 2. The second kappa shape index (κ2) is 8.94. The fraction of sp³-hybridized carbons (Fsp3) is 0.360. The largest absolute Gasteiger partial charge is 0.493 e. The van der Waals surface area contributed by atoms with Crippen LogP contribution in [0.5, 0.6) is 11.5 Å². The number of fused-ring (bicyclic) bond motifs is 1. The van der Waals surface area contributed by atoms with Gasteiger partial charge >= 0.3 is 0 Å². The summed E-state index contributed by atoms with van der Waals surface area (Å²) in [4.78, 5) is 29.9. The van der Waals surface area contributed by atoms with Gasteiger partial charge in [0.1, 0.15) is 0 Å². The molecule has 0 saturated carbocycles. The van der Waals surface area contributed by atoms with Crippen molar-refractivity contribution in [3.8, 4) is 22.8 Å². The molecule has 4 rings (SSSR count). The van der Waals surface area contributed by atoms with E-state index in [4.69, 9.17) is 15.2 Å². The Labute approximate surface area is 187 Å². The maximum atomic E-state index is 13.1. The van der Waals surface area contributed by atoms with E-state index in [1.807, 2.05) is 41.3 Å². The van der Waals surface area contributed by atoms with Crippen LogP contribution in [-0.2, 0) is 11.2 Å². The van der Waals surface area contributed by atoms with E-state index in [2.05, 4.69) is 11.9 Å². The van der Waals surface area contributed by atoms with Gasteiger partial charge in [-0.05, 0) is 61.2 Å². The molecule has 1 aliphatic rings. The van der Waals surface area contributed by atoms with Crippen LogP contribution in [0.2, 0.25) is 0 Å². The van der Waals surface area contributed by atoms with Crippen molar-refractivity contribution in [1.82, 2.24) is 9.88 Å². The average Bonchev–Trinajstić information content (AvgIpc) is 3.20. The third-order valence-corrected chi connectivity index (χ3v) is 6.36. The van der Waals surface area contributed by atoms with Crippen LogP contribution in [0.15, 0.2) is 36.4 Å². The summed E-state index contributed by atoms with van der Waals surface area (Å²) in [5.41, 5.74) is 10.2. The molecule has 2 amide bonds. The number of aryl methyl sites for hydroxylation is 1. The number of primary amides is 1. The Morgan fingerprint density at radius 1 is 1.06 bits per heavy atom. The highest BCUT2D eigenvalue weighted by molar-refractivity contribution is 6.00. The molecule has 7 heteroatoms. The second-order valence-electron chi connectivity index (χ2n) is 8.13. The number of hydrogen-bond donors (Lipinski definition) is 2. The fourth-order valence-corrected chi connectivity index (χ4v) is 4.54. The summed E-state index contributed by atoms with van der Waals surface area (Å²) in [6, 6.07) is 11.6. The zero-order chi connectivity index (χ0) is 22.8. The summed E-state index contributed by atoms with van der Waals surface area (Å²) in [7, 11) is 3.24. The number of nitrogens with zero attached hydrogens (tertiary/aromatic N) is 1. The molecule has 2 heterocycles. The Morgan fingerprint density at radius 2 is 1.78 bits per heavy atom. The number of carbonyl (C=O) groups excluding carboxylic acids is 2. The molecular weight excluding hydrogens is 406 g/mol. The van der Waals surface area contributed by atoms with E-state index in [-0.39, 0.29) is 17.7 Å². The van der Waals surface area contributed by atoms with E-state index in [0.717, 1.165) is 34.1 Å². The molecule has 3 N–H and O–H groups in total. The van der Waals surface area contributed by atoms with Crippen LogP contribution in [0.4, 0.5) is 0 Å². The van der Waals surface area contributed by atoms with Gasteiger partial charge in [-0.15, -0.1) is 0 Å². The Balaban J connectivity index is 1.67. The molecule has 1 aliphatic heterocycles. The third-order valence-electron chi connectivity index (χ3n) is 6.36. The molecule has 1 saturated heterocycles. The fourth-order valence-electron chi connectivity index (χ4n) is 4.54. The molecule has 0 aliphatic carbocycles. The van der Waals surface area contributed by atoms with Crippen molar-refractivity contribution >= 4 is 22.7 Å². The van der Waals surface area contributed by atoms with Crippen molar-refractivity contribution in [2.45, 2.75) is 26.2 Å². The Morgan fingerprint density at radius 3 is 2.41 bits per heavy atom. The lowest BCUT2D eigenvalue weighted by Crippen LogP contribution is -2.41. The minimum Gasteiger partial charge on any atom is -0.493 e. The zero-order valence-electron chi connectivity index (χ0n) is 18.7. The minimum absolute atomic E-state index is 0.00857. The van der Waals surface area contributed by atoms with Gasteiger partial charge in [0.05, 0.1) is 14.2 Å². The van der Waals surface area contributed by atoms with Crippen LogP contribution in [0.3, 0.4) is 0 Å². The molecule has 0 atom stereocenters. The maximum Gasteiger partial charge on any atom is 0.253 e. The zero-order valence-corrected chi connectivity index (χ0v) is 18.7. The van der Waals surface area contributed by atoms with E-state index in [1.165, 1.54) is 0 Å². The highest BCUT2D eigenvalue weighted by atomic mass is 16.5. The van der Waals surface area contributed by atoms with Gasteiger partial charge in [-0.1, -0.05) is 6.92 Å². The highest BCUT2D eigenvalue weighted by Gasteiger charge is 2.27. The quantitative estimate of drug-likeness (QED) is 0.616. The van der Waals surface area contributed by atoms with E-state index < -0.39 is 0 Å². The molecule has 1 aromatic heterocycles. The molecule has 0 spiro atoms. The summed E-state index contributed by atoms with van der Waals surface area (Å²) in [6.45, 7) is 3.21. The first-order valence-electron chi connectivity index (χ1n) is 10.9. The van der Waals surface area contributed by atoms with Gasteiger partial charge < -0.3 is 25.1 Å². The van der Waals surface area contributed by atoms with E-state index in [0.29, 0.717) is 43.0 Å². The topological polar surface area (TPSA) is 97.7 Å². The van der Waals surface area contributed by atoms with Crippen molar-refractivity contribution in [2.75, 3.05) is 27.3 Å². The normalized spacial score (nSPS) is 14.5. The van der Waals surface area contributed by atoms with Gasteiger partial charge in [-0.3, -0.25) is 9.59 Å². The maximum absolute atomic E-state index is 13.1. The van der Waals surface area contributed by atoms with E-state index >= 15 is 0 Å². The van der Waals surface area contributed by atoms with Crippen molar-refractivity contribution in [1.29, 1.82) is 0 Å². The number of hydrogen-bond acceptors (Lipinski definition) is 4. The summed E-state index contributed by atoms with van der Waals surface area (Å²) in [5.74, 6) is 0.924. The second-order valence-corrected chi connectivity index (χ2v) is 8.13. The smallest absolute Gasteiger partial charge is 0.253 e. The van der Waals surface area contributed by atoms with Crippen LogP contribution in [0.25, 0.3) is 22.2 Å². The lowest BCUT2D eigenvalue weighted by molar-refractivity contribution is -0.123. The van der Waals surface area contributed by atoms with Gasteiger partial charge in [0, 0.05) is 46.7 Å². The number of piperidine rings is 1. The summed E-state index contributed by atoms with van der Waals surface area (Å²) in [5, 5.41) is 1.04. The number of likely N-dealkylation sites (tertiary alicyclic amines) is 1. The van der Waals surface area contributed by atoms with Crippen molar-refractivity contribution < 1.29 is 19.1 Å². The van der Waals surface area contributed by atoms with Crippen LogP contribution >= 0.6 is 0 Å². The summed E-state index contributed by atoms with van der Waals surface area (Å²) < 4.78 is 10.8. The van der Waals surface area contributed by atoms with E-state index in [1.54, 1.807) is 14.2 Å². The number of rotatable bonds is 6. The van der Waals surface area contributed by atoms with Crippen LogP contribution in [-0.4, -0.2) is 49.0 Å². The summed E-state index contributed by atoms with van der Waals surface area (Å²) >= 11 is 0. The molecule has 7 nitrogen and oxygen atoms in total. The van der Waals surface area contributed by atoms with Gasteiger partial charge in [0.2, 0.25) is 5.91 Å². The number of methoxy groups -OCH3 is 2. The van der Waals surface area contributed by atoms with Gasteiger partial charge in [0.15, 0.2) is 11.5 Å². The lowest BCUT2D eigenvalue weighted by atomic mass is 9.95. The minimum atomic E-state index is -0.277. The first-order chi connectivity index (χ1) is 15.5. The monoisotopic (exact) mass is 435 g/mol. The molecule has 0 radical (unpaired) electrons. The number of aromatic nitrogens is 1. The van der Waals surface area contributed by atoms with Gasteiger partial charge in [-0.25, -0.2) is 0 Å². The molecule has 168 valence electrons. The first-order valence-corrected chi connectivity index (χ1v) is 10.9. The highest BCUT2D eigenvalue weighted by Crippen LogP contribution is 2.36. The standard InChI is InChI=1S/C25H29N3O4/c1-4-18-19-13-17(25(30)28-11-9-15(10-12-28)24(26)29)5-7-20(19)27-23(18)16-6-8-21(31-2)22(14-16)32-3/h5-8,13-15,27H,4,9-12H2,1-3H3,(H2,26,29). The number of nitrogens with one attached hydrogen (secondary N) is 1. The first kappa shape index (κ1) is 21.7. The van der Waals surface area contributed by atoms with Crippen LogP contribution < -0.4 is 15.2 Å². The predicted octanol–water partition coefficient (Wildman–Crippen LogP) is 3.75. The number of H-pyrrole nitrogens is 1. The number of amides is 2. The van der Waals surface area contributed by atoms with Crippen LogP contribution in [0.1, 0.15) is 35.7 Å². The number of benzene rings is 2. The molecule has 1 fully saturated rings. The molecule has 2 aromatic carbocycles.